The molecular weight excluding hydrogens is 444 g/mol. The van der Waals surface area contributed by atoms with Crippen LogP contribution < -0.4 is 5.32 Å². The van der Waals surface area contributed by atoms with Crippen LogP contribution in [0.5, 0.6) is 0 Å². The lowest BCUT2D eigenvalue weighted by molar-refractivity contribution is -0.160. The van der Waals surface area contributed by atoms with E-state index in [1.807, 2.05) is 56.3 Å². The van der Waals surface area contributed by atoms with Crippen molar-refractivity contribution in [2.45, 2.75) is 45.6 Å². The number of hydrogen-bond acceptors (Lipinski definition) is 5. The Hall–Kier alpha value is -3.48. The van der Waals surface area contributed by atoms with Crippen molar-refractivity contribution in [1.29, 1.82) is 0 Å². The second-order valence-corrected chi connectivity index (χ2v) is 10.0. The summed E-state index contributed by atoms with van der Waals surface area (Å²) in [6.45, 7) is 3.36. The van der Waals surface area contributed by atoms with Crippen molar-refractivity contribution in [3.63, 3.8) is 0 Å². The summed E-state index contributed by atoms with van der Waals surface area (Å²) in [4.78, 5) is 53.7. The van der Waals surface area contributed by atoms with Crippen molar-refractivity contribution in [2.75, 3.05) is 11.9 Å². The Labute approximate surface area is 204 Å². The van der Waals surface area contributed by atoms with Crippen LogP contribution in [0.25, 0.3) is 0 Å². The van der Waals surface area contributed by atoms with E-state index in [9.17, 15) is 19.2 Å². The molecule has 2 aromatic carbocycles. The van der Waals surface area contributed by atoms with Gasteiger partial charge in [-0.05, 0) is 67.7 Å². The number of imide groups is 1. The summed E-state index contributed by atoms with van der Waals surface area (Å²) in [5.74, 6) is -1.92. The zero-order chi connectivity index (χ0) is 24.7. The summed E-state index contributed by atoms with van der Waals surface area (Å²) in [6.07, 6.45) is 3.01. The molecule has 1 aliphatic heterocycles. The molecule has 5 rings (SSSR count). The zero-order valence-corrected chi connectivity index (χ0v) is 20.0. The van der Waals surface area contributed by atoms with Gasteiger partial charge in [0.2, 0.25) is 11.8 Å². The first-order valence-electron chi connectivity index (χ1n) is 12.3. The number of aryl methyl sites for hydroxylation is 1. The van der Waals surface area contributed by atoms with Gasteiger partial charge in [0.25, 0.3) is 5.91 Å². The highest BCUT2D eigenvalue weighted by Gasteiger charge is 2.62. The predicted octanol–water partition coefficient (Wildman–Crippen LogP) is 3.43. The summed E-state index contributed by atoms with van der Waals surface area (Å²) >= 11 is 0. The number of ether oxygens (including phenoxy) is 1. The molecule has 0 spiro atoms. The maximum atomic E-state index is 13.4. The molecule has 2 bridgehead atoms. The Morgan fingerprint density at radius 1 is 0.971 bits per heavy atom. The number of amides is 3. The Balaban J connectivity index is 1.32. The van der Waals surface area contributed by atoms with Crippen LogP contribution in [0.3, 0.4) is 0 Å². The normalized spacial score (nSPS) is 25.5. The second kappa shape index (κ2) is 9.29. The van der Waals surface area contributed by atoms with E-state index >= 15 is 0 Å². The quantitative estimate of drug-likeness (QED) is 0.490. The van der Waals surface area contributed by atoms with E-state index in [0.29, 0.717) is 5.69 Å². The Morgan fingerprint density at radius 2 is 1.63 bits per heavy atom. The molecule has 182 valence electrons. The van der Waals surface area contributed by atoms with Crippen LogP contribution in [0.2, 0.25) is 0 Å². The second-order valence-electron chi connectivity index (χ2n) is 10.0. The first kappa shape index (κ1) is 23.3. The first-order valence-corrected chi connectivity index (χ1v) is 12.3. The highest BCUT2D eigenvalue weighted by molar-refractivity contribution is 6.08. The Morgan fingerprint density at radius 3 is 2.29 bits per heavy atom. The van der Waals surface area contributed by atoms with Crippen LogP contribution in [0.4, 0.5) is 5.69 Å². The highest BCUT2D eigenvalue weighted by Crippen LogP contribution is 2.56. The molecule has 35 heavy (non-hydrogen) atoms. The highest BCUT2D eigenvalue weighted by atomic mass is 16.5. The van der Waals surface area contributed by atoms with E-state index in [2.05, 4.69) is 5.32 Å². The SMILES string of the molecule is Cc1cccc(NC(=O)COC(=O)[C@@H](Cc2ccccc2)N2C(=O)[C@@H]3[C@H]4CC[C@@H](C4)[C@@H]3C2=O)c1C. The molecule has 0 unspecified atom stereocenters. The monoisotopic (exact) mass is 474 g/mol. The maximum Gasteiger partial charge on any atom is 0.330 e. The van der Waals surface area contributed by atoms with E-state index < -0.39 is 24.5 Å². The van der Waals surface area contributed by atoms with Crippen LogP contribution in [-0.4, -0.2) is 41.2 Å². The van der Waals surface area contributed by atoms with Gasteiger partial charge in [0, 0.05) is 12.1 Å². The summed E-state index contributed by atoms with van der Waals surface area (Å²) in [5, 5.41) is 2.77. The minimum Gasteiger partial charge on any atom is -0.454 e. The molecule has 2 aromatic rings. The molecule has 3 aliphatic rings. The average molecular weight is 475 g/mol. The number of carbonyl (C=O) groups is 4. The lowest BCUT2D eigenvalue weighted by Gasteiger charge is -2.26. The number of hydrogen-bond donors (Lipinski definition) is 1. The van der Waals surface area contributed by atoms with Crippen molar-refractivity contribution in [3.05, 3.63) is 65.2 Å². The molecule has 7 nitrogen and oxygen atoms in total. The average Bonchev–Trinajstić information content (AvgIpc) is 3.53. The van der Waals surface area contributed by atoms with Crippen molar-refractivity contribution in [1.82, 2.24) is 4.90 Å². The molecule has 7 heteroatoms. The van der Waals surface area contributed by atoms with Crippen molar-refractivity contribution >= 4 is 29.4 Å². The van der Waals surface area contributed by atoms with Gasteiger partial charge in [0.15, 0.2) is 6.61 Å². The summed E-state index contributed by atoms with van der Waals surface area (Å²) in [6, 6.07) is 13.7. The third-order valence-corrected chi connectivity index (χ3v) is 8.04. The van der Waals surface area contributed by atoms with Gasteiger partial charge in [0.1, 0.15) is 6.04 Å². The van der Waals surface area contributed by atoms with E-state index in [1.54, 1.807) is 6.07 Å². The molecule has 3 fully saturated rings. The molecule has 2 saturated carbocycles. The maximum absolute atomic E-state index is 13.4. The molecule has 5 atom stereocenters. The van der Waals surface area contributed by atoms with Gasteiger partial charge >= 0.3 is 5.97 Å². The third kappa shape index (κ3) is 4.24. The fourth-order valence-electron chi connectivity index (χ4n) is 6.16. The predicted molar refractivity (Wildman–Crippen MR) is 129 cm³/mol. The first-order chi connectivity index (χ1) is 16.8. The zero-order valence-electron chi connectivity index (χ0n) is 20.0. The smallest absolute Gasteiger partial charge is 0.330 e. The van der Waals surface area contributed by atoms with E-state index in [4.69, 9.17) is 4.74 Å². The van der Waals surface area contributed by atoms with Gasteiger partial charge in [-0.3, -0.25) is 19.3 Å². The van der Waals surface area contributed by atoms with E-state index in [0.717, 1.165) is 40.9 Å². The summed E-state index contributed by atoms with van der Waals surface area (Å²) in [7, 11) is 0. The standard InChI is InChI=1S/C28H30N2O5/c1-16-7-6-10-21(17(16)2)29-23(31)15-35-28(34)22(13-18-8-4-3-5-9-18)30-26(32)24-19-11-12-20(14-19)25(24)27(30)33/h3-10,19-20,22,24-25H,11-15H2,1-2H3,(H,29,31)/t19-,20-,22+,24-,25+/m0/s1. The number of esters is 1. The lowest BCUT2D eigenvalue weighted by atomic mass is 9.81. The van der Waals surface area contributed by atoms with Crippen LogP contribution in [0.15, 0.2) is 48.5 Å². The number of carbonyl (C=O) groups excluding carboxylic acids is 4. The molecule has 1 heterocycles. The number of nitrogens with one attached hydrogen (secondary N) is 1. The van der Waals surface area contributed by atoms with Crippen LogP contribution in [-0.2, 0) is 30.3 Å². The number of fused-ring (bicyclic) bond motifs is 5. The minimum absolute atomic E-state index is 0.157. The van der Waals surface area contributed by atoms with Gasteiger partial charge in [-0.2, -0.15) is 0 Å². The molecule has 1 saturated heterocycles. The molecular formula is C28H30N2O5. The fraction of sp³-hybridized carbons (Fsp3) is 0.429. The van der Waals surface area contributed by atoms with Gasteiger partial charge in [0.05, 0.1) is 11.8 Å². The van der Waals surface area contributed by atoms with Gasteiger partial charge in [-0.1, -0.05) is 42.5 Å². The van der Waals surface area contributed by atoms with Crippen molar-refractivity contribution < 1.29 is 23.9 Å². The number of nitrogens with zero attached hydrogens (tertiary/aromatic N) is 1. The van der Waals surface area contributed by atoms with Gasteiger partial charge in [-0.15, -0.1) is 0 Å². The molecule has 2 aliphatic carbocycles. The molecule has 3 amide bonds. The van der Waals surface area contributed by atoms with Crippen LogP contribution in [0.1, 0.15) is 36.0 Å². The molecule has 1 N–H and O–H groups in total. The Kier molecular flexibility index (Phi) is 6.17. The van der Waals surface area contributed by atoms with Gasteiger partial charge in [-0.25, -0.2) is 4.79 Å². The third-order valence-electron chi connectivity index (χ3n) is 8.04. The largest absolute Gasteiger partial charge is 0.454 e. The fourth-order valence-corrected chi connectivity index (χ4v) is 6.16. The van der Waals surface area contributed by atoms with Crippen LogP contribution in [0, 0.1) is 37.5 Å². The van der Waals surface area contributed by atoms with Crippen LogP contribution >= 0.6 is 0 Å². The number of rotatable bonds is 7. The van der Waals surface area contributed by atoms with E-state index in [1.165, 1.54) is 0 Å². The lowest BCUT2D eigenvalue weighted by Crippen LogP contribution is -2.48. The summed E-state index contributed by atoms with van der Waals surface area (Å²) in [5.41, 5.74) is 3.44. The number of benzene rings is 2. The topological polar surface area (TPSA) is 92.8 Å². The number of likely N-dealkylation sites (tertiary alicyclic amines) is 1. The van der Waals surface area contributed by atoms with Crippen molar-refractivity contribution in [2.24, 2.45) is 23.7 Å². The van der Waals surface area contributed by atoms with Crippen molar-refractivity contribution in [3.8, 4) is 0 Å². The molecule has 0 radical (unpaired) electrons. The Bertz CT molecular complexity index is 1150. The minimum atomic E-state index is -1.09. The van der Waals surface area contributed by atoms with E-state index in [-0.39, 0.29) is 41.9 Å². The van der Waals surface area contributed by atoms with Gasteiger partial charge < -0.3 is 10.1 Å². The number of anilines is 1. The molecule has 0 aromatic heterocycles. The summed E-state index contributed by atoms with van der Waals surface area (Å²) < 4.78 is 5.38.